The number of nitrogens with zero attached hydrogens (tertiary/aromatic N) is 5. The first kappa shape index (κ1) is 24.4. The minimum Gasteiger partial charge on any atom is -0.338 e. The Bertz CT molecular complexity index is 1170. The van der Waals surface area contributed by atoms with Gasteiger partial charge in [-0.2, -0.15) is 4.31 Å². The molecule has 0 N–H and O–H groups in total. The Labute approximate surface area is 208 Å². The quantitative estimate of drug-likeness (QED) is 0.640. The molecule has 1 aromatic carbocycles. The largest absolute Gasteiger partial charge is 0.338 e. The number of benzene rings is 1. The molecule has 0 aliphatic carbocycles. The lowest BCUT2D eigenvalue weighted by atomic mass is 9.94. The molecule has 8 nitrogen and oxygen atoms in total. The van der Waals surface area contributed by atoms with Crippen LogP contribution < -0.4 is 0 Å². The van der Waals surface area contributed by atoms with Crippen molar-refractivity contribution >= 4 is 15.9 Å². The van der Waals surface area contributed by atoms with E-state index in [1.807, 2.05) is 4.90 Å². The highest BCUT2D eigenvalue weighted by Gasteiger charge is 2.33. The number of carbonyl (C=O) groups excluding carboxylic acids is 1. The zero-order valence-corrected chi connectivity index (χ0v) is 21.7. The molecule has 2 aromatic rings. The van der Waals surface area contributed by atoms with Gasteiger partial charge in [0, 0.05) is 50.6 Å². The van der Waals surface area contributed by atoms with E-state index in [1.54, 1.807) is 28.6 Å². The van der Waals surface area contributed by atoms with Gasteiger partial charge in [-0.25, -0.2) is 8.42 Å². The van der Waals surface area contributed by atoms with Crippen LogP contribution in [0.5, 0.6) is 0 Å². The van der Waals surface area contributed by atoms with Crippen LogP contribution in [0.4, 0.5) is 0 Å². The number of hydrogen-bond donors (Lipinski definition) is 0. The lowest BCUT2D eigenvalue weighted by molar-refractivity contribution is 0.0703. The number of aryl methyl sites for hydroxylation is 1. The molecule has 3 atom stereocenters. The number of piperidine rings is 2. The summed E-state index contributed by atoms with van der Waals surface area (Å²) in [7, 11) is -3.63. The molecule has 0 radical (unpaired) electrons. The maximum atomic E-state index is 13.5. The van der Waals surface area contributed by atoms with Crippen molar-refractivity contribution in [1.29, 1.82) is 0 Å². The highest BCUT2D eigenvalue weighted by molar-refractivity contribution is 7.89. The number of rotatable bonds is 4. The van der Waals surface area contributed by atoms with E-state index in [0.29, 0.717) is 43.6 Å². The van der Waals surface area contributed by atoms with E-state index in [1.165, 1.54) is 6.42 Å². The molecular formula is C26H37N5O3S. The van der Waals surface area contributed by atoms with Crippen LogP contribution >= 0.6 is 0 Å². The normalized spacial score (nSPS) is 26.2. The highest BCUT2D eigenvalue weighted by Crippen LogP contribution is 2.30. The fourth-order valence-corrected chi connectivity index (χ4v) is 7.83. The average Bonchev–Trinajstić information content (AvgIpc) is 3.11. The summed E-state index contributed by atoms with van der Waals surface area (Å²) < 4.78 is 30.6. The molecule has 1 aromatic heterocycles. The number of aromatic nitrogens is 3. The van der Waals surface area contributed by atoms with Crippen LogP contribution in [0.25, 0.3) is 0 Å². The summed E-state index contributed by atoms with van der Waals surface area (Å²) in [4.78, 5) is 15.6. The third kappa shape index (κ3) is 5.03. The molecule has 5 rings (SSSR count). The summed E-state index contributed by atoms with van der Waals surface area (Å²) in [6, 6.07) is 6.60. The summed E-state index contributed by atoms with van der Waals surface area (Å²) in [5.74, 6) is 2.79. The fourth-order valence-electron chi connectivity index (χ4n) is 6.11. The van der Waals surface area contributed by atoms with Gasteiger partial charge in [-0.1, -0.05) is 26.3 Å². The Kier molecular flexibility index (Phi) is 6.99. The fraction of sp³-hybridized carbons (Fsp3) is 0.654. The number of amides is 1. The molecule has 190 valence electrons. The molecular weight excluding hydrogens is 462 g/mol. The average molecular weight is 500 g/mol. The zero-order valence-electron chi connectivity index (χ0n) is 20.9. The van der Waals surface area contributed by atoms with Crippen LogP contribution in [0.15, 0.2) is 29.2 Å². The standard InChI is InChI=1S/C26H37N5O3S/c1-19-14-20(2)17-30(16-19)35(33,34)23-10-6-8-21(15-23)26(32)29-12-7-9-22(18-29)25-28-27-24-11-4-3-5-13-31(24)25/h6,8,10,15,19-20,22H,3-5,7,9,11-14,16-18H2,1-2H3. The molecule has 3 unspecified atom stereocenters. The van der Waals surface area contributed by atoms with Crippen molar-refractivity contribution < 1.29 is 13.2 Å². The summed E-state index contributed by atoms with van der Waals surface area (Å²) >= 11 is 0. The predicted octanol–water partition coefficient (Wildman–Crippen LogP) is 3.69. The summed E-state index contributed by atoms with van der Waals surface area (Å²) in [6.07, 6.45) is 7.41. The minimum atomic E-state index is -3.63. The molecule has 0 spiro atoms. The Morgan fingerprint density at radius 2 is 1.77 bits per heavy atom. The van der Waals surface area contributed by atoms with E-state index in [-0.39, 0.29) is 16.7 Å². The minimum absolute atomic E-state index is 0.109. The third-order valence-corrected chi connectivity index (χ3v) is 9.59. The van der Waals surface area contributed by atoms with Crippen molar-refractivity contribution in [3.63, 3.8) is 0 Å². The van der Waals surface area contributed by atoms with Gasteiger partial charge >= 0.3 is 0 Å². The van der Waals surface area contributed by atoms with Crippen LogP contribution in [0.1, 0.15) is 80.3 Å². The molecule has 4 heterocycles. The number of fused-ring (bicyclic) bond motifs is 1. The molecule has 35 heavy (non-hydrogen) atoms. The van der Waals surface area contributed by atoms with E-state index in [9.17, 15) is 13.2 Å². The number of sulfonamides is 1. The zero-order chi connectivity index (χ0) is 24.6. The molecule has 0 saturated carbocycles. The molecule has 0 bridgehead atoms. The van der Waals surface area contributed by atoms with Gasteiger partial charge in [-0.15, -0.1) is 10.2 Å². The third-order valence-electron chi connectivity index (χ3n) is 7.77. The topological polar surface area (TPSA) is 88.4 Å². The maximum absolute atomic E-state index is 13.5. The Hall–Kier alpha value is -2.26. The van der Waals surface area contributed by atoms with E-state index in [0.717, 1.165) is 56.7 Å². The lowest BCUT2D eigenvalue weighted by Gasteiger charge is -2.34. The summed E-state index contributed by atoms with van der Waals surface area (Å²) in [6.45, 7) is 7.47. The summed E-state index contributed by atoms with van der Waals surface area (Å²) in [5, 5.41) is 8.98. The van der Waals surface area contributed by atoms with Crippen LogP contribution in [-0.2, 0) is 23.0 Å². The van der Waals surface area contributed by atoms with Gasteiger partial charge in [0.2, 0.25) is 10.0 Å². The Balaban J connectivity index is 1.34. The SMILES string of the molecule is CC1CC(C)CN(S(=O)(=O)c2cccc(C(=O)N3CCCC(c4nnc5n4CCCCC5)C3)c2)C1. The van der Waals surface area contributed by atoms with Crippen LogP contribution in [0.3, 0.4) is 0 Å². The van der Waals surface area contributed by atoms with Crippen molar-refractivity contribution in [2.75, 3.05) is 26.2 Å². The summed E-state index contributed by atoms with van der Waals surface area (Å²) in [5.41, 5.74) is 0.435. The van der Waals surface area contributed by atoms with Crippen molar-refractivity contribution in [3.8, 4) is 0 Å². The number of carbonyl (C=O) groups is 1. The first-order valence-electron chi connectivity index (χ1n) is 13.1. The first-order valence-corrected chi connectivity index (χ1v) is 14.6. The van der Waals surface area contributed by atoms with Crippen molar-refractivity contribution in [1.82, 2.24) is 24.0 Å². The predicted molar refractivity (Wildman–Crippen MR) is 134 cm³/mol. The molecule has 2 saturated heterocycles. The first-order chi connectivity index (χ1) is 16.8. The van der Waals surface area contributed by atoms with Crippen LogP contribution in [0, 0.1) is 11.8 Å². The number of likely N-dealkylation sites (tertiary alicyclic amines) is 1. The molecule has 9 heteroatoms. The van der Waals surface area contributed by atoms with Crippen LogP contribution in [-0.4, -0.2) is 64.5 Å². The van der Waals surface area contributed by atoms with Crippen molar-refractivity contribution in [2.24, 2.45) is 11.8 Å². The second-order valence-corrected chi connectivity index (χ2v) is 12.8. The molecule has 3 aliphatic heterocycles. The van der Waals surface area contributed by atoms with E-state index in [2.05, 4.69) is 28.6 Å². The molecule has 1 amide bonds. The number of hydrogen-bond acceptors (Lipinski definition) is 5. The van der Waals surface area contributed by atoms with Gasteiger partial charge in [-0.05, 0) is 62.1 Å². The van der Waals surface area contributed by atoms with Gasteiger partial charge in [0.05, 0.1) is 4.90 Å². The van der Waals surface area contributed by atoms with Gasteiger partial charge in [0.1, 0.15) is 11.6 Å². The molecule has 2 fully saturated rings. The molecule has 3 aliphatic rings. The monoisotopic (exact) mass is 499 g/mol. The van der Waals surface area contributed by atoms with Gasteiger partial charge in [0.15, 0.2) is 0 Å². The second kappa shape index (κ2) is 10.0. The van der Waals surface area contributed by atoms with Crippen molar-refractivity contribution in [2.45, 2.75) is 76.2 Å². The van der Waals surface area contributed by atoms with E-state index in [4.69, 9.17) is 0 Å². The van der Waals surface area contributed by atoms with E-state index >= 15 is 0 Å². The van der Waals surface area contributed by atoms with Crippen LogP contribution in [0.2, 0.25) is 0 Å². The van der Waals surface area contributed by atoms with Gasteiger partial charge < -0.3 is 9.47 Å². The highest BCUT2D eigenvalue weighted by atomic mass is 32.2. The van der Waals surface area contributed by atoms with Gasteiger partial charge in [-0.3, -0.25) is 4.79 Å². The maximum Gasteiger partial charge on any atom is 0.253 e. The van der Waals surface area contributed by atoms with Gasteiger partial charge in [0.25, 0.3) is 5.91 Å². The van der Waals surface area contributed by atoms with Crippen molar-refractivity contribution in [3.05, 3.63) is 41.5 Å². The Morgan fingerprint density at radius 1 is 0.971 bits per heavy atom. The smallest absolute Gasteiger partial charge is 0.253 e. The second-order valence-electron chi connectivity index (χ2n) is 10.8. The Morgan fingerprint density at radius 3 is 2.57 bits per heavy atom. The van der Waals surface area contributed by atoms with E-state index < -0.39 is 10.0 Å². The lowest BCUT2D eigenvalue weighted by Crippen LogP contribution is -2.42.